The van der Waals surface area contributed by atoms with Crippen LogP contribution in [0.1, 0.15) is 53.8 Å². The third kappa shape index (κ3) is 5.05. The second kappa shape index (κ2) is 10.6. The number of benzene rings is 3. The molecule has 0 unspecified atom stereocenters. The average Bonchev–Trinajstić information content (AvgIpc) is 3.47. The number of aromatic amines is 1. The van der Waals surface area contributed by atoms with Crippen LogP contribution in [-0.2, 0) is 6.42 Å². The first-order valence-electron chi connectivity index (χ1n) is 13.6. The molecule has 3 aromatic carbocycles. The minimum Gasteiger partial charge on any atom is -0.508 e. The van der Waals surface area contributed by atoms with Crippen LogP contribution in [0.3, 0.4) is 0 Å². The highest BCUT2D eigenvalue weighted by Crippen LogP contribution is 2.41. The third-order valence-electron chi connectivity index (χ3n) is 7.76. The quantitative estimate of drug-likeness (QED) is 0.290. The Morgan fingerprint density at radius 1 is 1.05 bits per heavy atom. The first-order valence-corrected chi connectivity index (χ1v) is 13.6. The number of fused-ring (bicyclic) bond motifs is 2. The standard InChI is InChI=1S/C32H34FN3O2/c1-21-34-30-13-8-24(19-31(30)35-21)28-5-2-4-23-18-25(37)9-12-29(23)32(28)22-6-10-26(11-7-22)38-27-14-17-36(20-27)16-3-15-33/h6-13,18-19,27,37H,2-5,14-17,20H2,1H3,(H,34,35)/t27-/m0/s1. The molecule has 0 radical (unpaired) electrons. The van der Waals surface area contributed by atoms with Gasteiger partial charge in [-0.25, -0.2) is 4.98 Å². The van der Waals surface area contributed by atoms with Gasteiger partial charge >= 0.3 is 0 Å². The molecule has 2 aliphatic rings. The van der Waals surface area contributed by atoms with Crippen molar-refractivity contribution in [3.05, 3.63) is 88.7 Å². The molecule has 4 aromatic rings. The largest absolute Gasteiger partial charge is 0.508 e. The van der Waals surface area contributed by atoms with Gasteiger partial charge in [-0.05, 0) is 109 Å². The lowest BCUT2D eigenvalue weighted by atomic mass is 9.87. The first kappa shape index (κ1) is 24.7. The number of alkyl halides is 1. The van der Waals surface area contributed by atoms with Crippen LogP contribution in [0.2, 0.25) is 0 Å². The van der Waals surface area contributed by atoms with Crippen molar-refractivity contribution in [3.8, 4) is 11.5 Å². The zero-order chi connectivity index (χ0) is 26.1. The SMILES string of the molecule is Cc1nc2ccc(C3=C(c4ccc(O[C@H]5CCN(CCCF)C5)cc4)c4ccc(O)cc4CCC3)cc2[nH]1. The van der Waals surface area contributed by atoms with Crippen molar-refractivity contribution >= 4 is 22.2 Å². The van der Waals surface area contributed by atoms with Gasteiger partial charge in [0.1, 0.15) is 23.4 Å². The predicted molar refractivity (Wildman–Crippen MR) is 150 cm³/mol. The summed E-state index contributed by atoms with van der Waals surface area (Å²) in [6.07, 6.45) is 4.57. The van der Waals surface area contributed by atoms with Crippen molar-refractivity contribution in [2.45, 2.75) is 45.1 Å². The minimum atomic E-state index is -0.264. The lowest BCUT2D eigenvalue weighted by Crippen LogP contribution is -2.26. The second-order valence-corrected chi connectivity index (χ2v) is 10.5. The number of hydrogen-bond donors (Lipinski definition) is 2. The van der Waals surface area contributed by atoms with Crippen molar-refractivity contribution in [3.63, 3.8) is 0 Å². The monoisotopic (exact) mass is 511 g/mol. The van der Waals surface area contributed by atoms with E-state index in [1.165, 1.54) is 27.8 Å². The van der Waals surface area contributed by atoms with Gasteiger partial charge in [0.2, 0.25) is 0 Å². The van der Waals surface area contributed by atoms with E-state index in [0.717, 1.165) is 73.5 Å². The smallest absolute Gasteiger partial charge is 0.119 e. The Labute approximate surface area is 223 Å². The van der Waals surface area contributed by atoms with E-state index in [2.05, 4.69) is 63.4 Å². The van der Waals surface area contributed by atoms with Crippen LogP contribution in [0.25, 0.3) is 22.2 Å². The van der Waals surface area contributed by atoms with E-state index in [0.29, 0.717) is 12.2 Å². The lowest BCUT2D eigenvalue weighted by Gasteiger charge is -2.18. The Bertz CT molecular complexity index is 1470. The van der Waals surface area contributed by atoms with Crippen molar-refractivity contribution in [2.24, 2.45) is 0 Å². The molecule has 0 bridgehead atoms. The Kier molecular flexibility index (Phi) is 6.90. The highest BCUT2D eigenvalue weighted by molar-refractivity contribution is 6.01. The van der Waals surface area contributed by atoms with E-state index < -0.39 is 0 Å². The molecule has 2 heterocycles. The number of phenolic OH excluding ortho intramolecular Hbond substituents is 1. The molecule has 1 atom stereocenters. The summed E-state index contributed by atoms with van der Waals surface area (Å²) in [7, 11) is 0. The molecule has 1 aliphatic heterocycles. The van der Waals surface area contributed by atoms with Gasteiger partial charge in [0, 0.05) is 19.6 Å². The summed E-state index contributed by atoms with van der Waals surface area (Å²) in [5.41, 5.74) is 9.20. The summed E-state index contributed by atoms with van der Waals surface area (Å²) in [6.45, 7) is 4.33. The van der Waals surface area contributed by atoms with Crippen molar-refractivity contribution in [1.82, 2.24) is 14.9 Å². The Hall–Kier alpha value is -3.64. The Morgan fingerprint density at radius 3 is 2.74 bits per heavy atom. The van der Waals surface area contributed by atoms with Gasteiger partial charge < -0.3 is 14.8 Å². The summed E-state index contributed by atoms with van der Waals surface area (Å²) in [5, 5.41) is 10.2. The number of H-pyrrole nitrogens is 1. The number of phenols is 1. The van der Waals surface area contributed by atoms with Crippen LogP contribution < -0.4 is 4.74 Å². The van der Waals surface area contributed by atoms with Gasteiger partial charge in [-0.15, -0.1) is 0 Å². The number of rotatable bonds is 7. The summed E-state index contributed by atoms with van der Waals surface area (Å²) in [4.78, 5) is 10.2. The highest BCUT2D eigenvalue weighted by Gasteiger charge is 2.24. The molecule has 5 nitrogen and oxygen atoms in total. The van der Waals surface area contributed by atoms with Gasteiger partial charge in [-0.1, -0.05) is 24.3 Å². The number of hydrogen-bond acceptors (Lipinski definition) is 4. The second-order valence-electron chi connectivity index (χ2n) is 10.5. The molecular weight excluding hydrogens is 477 g/mol. The van der Waals surface area contributed by atoms with Crippen LogP contribution in [0.15, 0.2) is 60.7 Å². The van der Waals surface area contributed by atoms with Crippen LogP contribution in [0.4, 0.5) is 4.39 Å². The van der Waals surface area contributed by atoms with E-state index in [4.69, 9.17) is 4.74 Å². The fraction of sp³-hybridized carbons (Fsp3) is 0.344. The van der Waals surface area contributed by atoms with Gasteiger partial charge in [-0.3, -0.25) is 9.29 Å². The zero-order valence-corrected chi connectivity index (χ0v) is 21.8. The summed E-state index contributed by atoms with van der Waals surface area (Å²) >= 11 is 0. The van der Waals surface area contributed by atoms with Gasteiger partial charge in [0.05, 0.1) is 17.7 Å². The maximum Gasteiger partial charge on any atom is 0.119 e. The van der Waals surface area contributed by atoms with Crippen molar-refractivity contribution in [2.75, 3.05) is 26.3 Å². The lowest BCUT2D eigenvalue weighted by molar-refractivity contribution is 0.198. The number of ether oxygens (including phenoxy) is 1. The van der Waals surface area contributed by atoms with Crippen LogP contribution in [0.5, 0.6) is 11.5 Å². The summed E-state index contributed by atoms with van der Waals surface area (Å²) in [6, 6.07) is 20.7. The van der Waals surface area contributed by atoms with E-state index in [1.54, 1.807) is 6.07 Å². The van der Waals surface area contributed by atoms with Crippen LogP contribution in [0, 0.1) is 6.92 Å². The molecule has 0 spiro atoms. The number of nitrogens with zero attached hydrogens (tertiary/aromatic N) is 2. The number of halogens is 1. The number of aromatic nitrogens is 2. The fourth-order valence-electron chi connectivity index (χ4n) is 5.99. The number of allylic oxidation sites excluding steroid dienone is 1. The van der Waals surface area contributed by atoms with E-state index >= 15 is 0 Å². The molecule has 2 N–H and O–H groups in total. The third-order valence-corrected chi connectivity index (χ3v) is 7.76. The molecule has 38 heavy (non-hydrogen) atoms. The molecule has 1 aliphatic carbocycles. The topological polar surface area (TPSA) is 61.4 Å². The van der Waals surface area contributed by atoms with Crippen molar-refractivity contribution in [1.29, 1.82) is 0 Å². The van der Waals surface area contributed by atoms with E-state index in [9.17, 15) is 9.50 Å². The normalized spacial score (nSPS) is 18.1. The first-order chi connectivity index (χ1) is 18.6. The predicted octanol–water partition coefficient (Wildman–Crippen LogP) is 6.69. The number of imidazole rings is 1. The molecule has 196 valence electrons. The molecule has 6 rings (SSSR count). The average molecular weight is 512 g/mol. The number of likely N-dealkylation sites (tertiary alicyclic amines) is 1. The van der Waals surface area contributed by atoms with Crippen LogP contribution >= 0.6 is 0 Å². The molecule has 0 saturated carbocycles. The van der Waals surface area contributed by atoms with Gasteiger partial charge in [-0.2, -0.15) is 0 Å². The highest BCUT2D eigenvalue weighted by atomic mass is 19.1. The van der Waals surface area contributed by atoms with Gasteiger partial charge in [0.15, 0.2) is 0 Å². The van der Waals surface area contributed by atoms with E-state index in [1.807, 2.05) is 13.0 Å². The van der Waals surface area contributed by atoms with Gasteiger partial charge in [0.25, 0.3) is 0 Å². The molecular formula is C32H34FN3O2. The number of aryl methyl sites for hydroxylation is 2. The van der Waals surface area contributed by atoms with E-state index in [-0.39, 0.29) is 12.8 Å². The molecule has 6 heteroatoms. The zero-order valence-electron chi connectivity index (χ0n) is 21.8. The van der Waals surface area contributed by atoms with Crippen LogP contribution in [-0.4, -0.2) is 52.4 Å². The fourth-order valence-corrected chi connectivity index (χ4v) is 5.99. The molecule has 1 aromatic heterocycles. The number of nitrogens with one attached hydrogen (secondary N) is 1. The maximum absolute atomic E-state index is 12.5. The Balaban J connectivity index is 1.36. The summed E-state index contributed by atoms with van der Waals surface area (Å²) < 4.78 is 18.9. The maximum atomic E-state index is 12.5. The van der Waals surface area contributed by atoms with Crippen molar-refractivity contribution < 1.29 is 14.2 Å². The Morgan fingerprint density at radius 2 is 1.89 bits per heavy atom. The number of aromatic hydroxyl groups is 1. The molecule has 1 fully saturated rings. The molecule has 0 amide bonds. The molecule has 1 saturated heterocycles. The summed E-state index contributed by atoms with van der Waals surface area (Å²) in [5.74, 6) is 2.08. The minimum absolute atomic E-state index is 0.140.